The number of carbonyl (C=O) groups is 1. The Morgan fingerprint density at radius 1 is 1.29 bits per heavy atom. The zero-order chi connectivity index (χ0) is 14.7. The fraction of sp³-hybridized carbons (Fsp3) is 0.188. The summed E-state index contributed by atoms with van der Waals surface area (Å²) < 4.78 is 5.40. The first-order valence-electron chi connectivity index (χ1n) is 6.76. The van der Waals surface area contributed by atoms with Gasteiger partial charge in [0.15, 0.2) is 6.61 Å². The molecule has 0 bridgehead atoms. The van der Waals surface area contributed by atoms with E-state index in [1.165, 1.54) is 5.56 Å². The van der Waals surface area contributed by atoms with E-state index in [0.29, 0.717) is 10.8 Å². The van der Waals surface area contributed by atoms with E-state index in [1.54, 1.807) is 24.3 Å². The smallest absolute Gasteiger partial charge is 0.262 e. The highest BCUT2D eigenvalue weighted by atomic mass is 35.5. The third-order valence-corrected chi connectivity index (χ3v) is 3.50. The lowest BCUT2D eigenvalue weighted by Crippen LogP contribution is -2.20. The lowest BCUT2D eigenvalue weighted by Gasteiger charge is -2.09. The van der Waals surface area contributed by atoms with E-state index in [2.05, 4.69) is 10.6 Å². The number of hydrogen-bond donors (Lipinski definition) is 2. The highest BCUT2D eigenvalue weighted by molar-refractivity contribution is 6.30. The number of fused-ring (bicyclic) bond motifs is 1. The Morgan fingerprint density at radius 3 is 3.05 bits per heavy atom. The van der Waals surface area contributed by atoms with E-state index in [1.807, 2.05) is 18.2 Å². The first-order chi connectivity index (χ1) is 10.2. The Labute approximate surface area is 128 Å². The van der Waals surface area contributed by atoms with Crippen LogP contribution in [0.4, 0.5) is 11.4 Å². The highest BCUT2D eigenvalue weighted by Gasteiger charge is 2.11. The van der Waals surface area contributed by atoms with E-state index in [0.717, 1.165) is 24.3 Å². The second kappa shape index (κ2) is 6.06. The first kappa shape index (κ1) is 13.8. The number of carbonyl (C=O) groups excluding carboxylic acids is 1. The van der Waals surface area contributed by atoms with Crippen molar-refractivity contribution in [2.24, 2.45) is 0 Å². The van der Waals surface area contributed by atoms with Crippen molar-refractivity contribution in [2.75, 3.05) is 23.8 Å². The minimum atomic E-state index is -0.194. The summed E-state index contributed by atoms with van der Waals surface area (Å²) in [4.78, 5) is 11.9. The fourth-order valence-electron chi connectivity index (χ4n) is 2.29. The van der Waals surface area contributed by atoms with Gasteiger partial charge in [0.25, 0.3) is 5.91 Å². The monoisotopic (exact) mass is 302 g/mol. The number of amides is 1. The van der Waals surface area contributed by atoms with Crippen molar-refractivity contribution in [3.05, 3.63) is 53.1 Å². The van der Waals surface area contributed by atoms with Gasteiger partial charge in [-0.3, -0.25) is 4.79 Å². The van der Waals surface area contributed by atoms with Crippen molar-refractivity contribution < 1.29 is 9.53 Å². The van der Waals surface area contributed by atoms with Crippen LogP contribution in [0.15, 0.2) is 42.5 Å². The molecule has 0 saturated heterocycles. The SMILES string of the molecule is O=C(COc1cccc(Cl)c1)Nc1ccc2c(c1)CCN2. The van der Waals surface area contributed by atoms with Crippen LogP contribution in [0, 0.1) is 0 Å². The van der Waals surface area contributed by atoms with Gasteiger partial charge in [0, 0.05) is 22.9 Å². The molecule has 0 saturated carbocycles. The topological polar surface area (TPSA) is 50.4 Å². The van der Waals surface area contributed by atoms with Gasteiger partial charge < -0.3 is 15.4 Å². The molecule has 2 aromatic carbocycles. The van der Waals surface area contributed by atoms with Gasteiger partial charge in [0.2, 0.25) is 0 Å². The van der Waals surface area contributed by atoms with Crippen molar-refractivity contribution in [3.63, 3.8) is 0 Å². The maximum absolute atomic E-state index is 11.9. The zero-order valence-electron chi connectivity index (χ0n) is 11.4. The number of nitrogens with one attached hydrogen (secondary N) is 2. The van der Waals surface area contributed by atoms with Crippen LogP contribution >= 0.6 is 11.6 Å². The molecule has 0 spiro atoms. The molecule has 0 fully saturated rings. The van der Waals surface area contributed by atoms with Gasteiger partial charge in [-0.2, -0.15) is 0 Å². The van der Waals surface area contributed by atoms with Crippen LogP contribution in [0.25, 0.3) is 0 Å². The summed E-state index contributed by atoms with van der Waals surface area (Å²) in [6.07, 6.45) is 0.984. The van der Waals surface area contributed by atoms with Gasteiger partial charge in [0.1, 0.15) is 5.75 Å². The zero-order valence-corrected chi connectivity index (χ0v) is 12.1. The largest absolute Gasteiger partial charge is 0.484 e. The van der Waals surface area contributed by atoms with Crippen LogP contribution in [0.3, 0.4) is 0 Å². The summed E-state index contributed by atoms with van der Waals surface area (Å²) >= 11 is 5.86. The Kier molecular flexibility index (Phi) is 3.97. The highest BCUT2D eigenvalue weighted by Crippen LogP contribution is 2.25. The third kappa shape index (κ3) is 3.47. The van der Waals surface area contributed by atoms with E-state index < -0.39 is 0 Å². The van der Waals surface area contributed by atoms with Gasteiger partial charge in [0.05, 0.1) is 0 Å². The van der Waals surface area contributed by atoms with Gasteiger partial charge in [-0.1, -0.05) is 17.7 Å². The Morgan fingerprint density at radius 2 is 2.19 bits per heavy atom. The summed E-state index contributed by atoms with van der Waals surface area (Å²) in [6.45, 7) is 0.903. The standard InChI is InChI=1S/C16H15ClN2O2/c17-12-2-1-3-14(9-12)21-10-16(20)19-13-4-5-15-11(8-13)6-7-18-15/h1-5,8-9,18H,6-7,10H2,(H,19,20). The second-order valence-electron chi connectivity index (χ2n) is 4.84. The van der Waals surface area contributed by atoms with Gasteiger partial charge >= 0.3 is 0 Å². The van der Waals surface area contributed by atoms with Crippen molar-refractivity contribution >= 4 is 28.9 Å². The molecule has 4 nitrogen and oxygen atoms in total. The summed E-state index contributed by atoms with van der Waals surface area (Å²) in [5, 5.41) is 6.70. The molecule has 0 aromatic heterocycles. The summed E-state index contributed by atoms with van der Waals surface area (Å²) in [7, 11) is 0. The number of halogens is 1. The van der Waals surface area contributed by atoms with Crippen LogP contribution in [0.2, 0.25) is 5.02 Å². The Balaban J connectivity index is 1.57. The predicted octanol–water partition coefficient (Wildman–Crippen LogP) is 3.33. The molecule has 1 heterocycles. The average Bonchev–Trinajstić information content (AvgIpc) is 2.93. The second-order valence-corrected chi connectivity index (χ2v) is 5.28. The molecule has 1 amide bonds. The van der Waals surface area contributed by atoms with Crippen LogP contribution in [-0.4, -0.2) is 19.1 Å². The van der Waals surface area contributed by atoms with Crippen molar-refractivity contribution in [1.29, 1.82) is 0 Å². The average molecular weight is 303 g/mol. The quantitative estimate of drug-likeness (QED) is 0.911. The van der Waals surface area contributed by atoms with E-state index >= 15 is 0 Å². The predicted molar refractivity (Wildman–Crippen MR) is 84.2 cm³/mol. The molecular weight excluding hydrogens is 288 g/mol. The molecule has 0 unspecified atom stereocenters. The number of benzene rings is 2. The summed E-state index contributed by atoms with van der Waals surface area (Å²) in [6, 6.07) is 12.8. The molecule has 2 N–H and O–H groups in total. The molecule has 21 heavy (non-hydrogen) atoms. The van der Waals surface area contributed by atoms with Crippen LogP contribution in [-0.2, 0) is 11.2 Å². The Hall–Kier alpha value is -2.20. The maximum Gasteiger partial charge on any atom is 0.262 e. The van der Waals surface area contributed by atoms with Crippen LogP contribution in [0.1, 0.15) is 5.56 Å². The molecule has 0 atom stereocenters. The molecule has 1 aliphatic heterocycles. The number of hydrogen-bond acceptors (Lipinski definition) is 3. The molecule has 0 radical (unpaired) electrons. The lowest BCUT2D eigenvalue weighted by atomic mass is 10.1. The summed E-state index contributed by atoms with van der Waals surface area (Å²) in [5.41, 5.74) is 3.16. The lowest BCUT2D eigenvalue weighted by molar-refractivity contribution is -0.118. The van der Waals surface area contributed by atoms with Gasteiger partial charge in [-0.05, 0) is 48.4 Å². The molecule has 5 heteroatoms. The summed E-state index contributed by atoms with van der Waals surface area (Å²) in [5.74, 6) is 0.386. The van der Waals surface area contributed by atoms with E-state index in [-0.39, 0.29) is 12.5 Å². The molecule has 0 aliphatic carbocycles. The number of anilines is 2. The maximum atomic E-state index is 11.9. The molecule has 108 valence electrons. The number of ether oxygens (including phenoxy) is 1. The van der Waals surface area contributed by atoms with Crippen molar-refractivity contribution in [3.8, 4) is 5.75 Å². The van der Waals surface area contributed by atoms with Crippen molar-refractivity contribution in [2.45, 2.75) is 6.42 Å². The van der Waals surface area contributed by atoms with E-state index in [9.17, 15) is 4.79 Å². The normalized spacial score (nSPS) is 12.4. The van der Waals surface area contributed by atoms with Crippen LogP contribution in [0.5, 0.6) is 5.75 Å². The van der Waals surface area contributed by atoms with Crippen LogP contribution < -0.4 is 15.4 Å². The minimum Gasteiger partial charge on any atom is -0.484 e. The molecular formula is C16H15ClN2O2. The Bertz CT molecular complexity index is 673. The van der Waals surface area contributed by atoms with Crippen molar-refractivity contribution in [1.82, 2.24) is 0 Å². The molecule has 3 rings (SSSR count). The fourth-order valence-corrected chi connectivity index (χ4v) is 2.47. The van der Waals surface area contributed by atoms with Gasteiger partial charge in [-0.15, -0.1) is 0 Å². The molecule has 1 aliphatic rings. The van der Waals surface area contributed by atoms with E-state index in [4.69, 9.17) is 16.3 Å². The minimum absolute atomic E-state index is 0.0460. The number of rotatable bonds is 4. The van der Waals surface area contributed by atoms with Gasteiger partial charge in [-0.25, -0.2) is 0 Å². The third-order valence-electron chi connectivity index (χ3n) is 3.26. The first-order valence-corrected chi connectivity index (χ1v) is 7.13. The molecule has 2 aromatic rings.